The number of aromatic nitrogens is 2. The Kier molecular flexibility index (Phi) is 2.14. The minimum absolute atomic E-state index is 0.143. The van der Waals surface area contributed by atoms with Crippen molar-refractivity contribution in [1.29, 1.82) is 0 Å². The summed E-state index contributed by atoms with van der Waals surface area (Å²) < 4.78 is 16.7. The second-order valence-electron chi connectivity index (χ2n) is 3.97. The zero-order valence-electron chi connectivity index (χ0n) is 8.99. The maximum atomic E-state index is 13.6. The number of hydrogen-bond acceptors (Lipinski definition) is 1. The summed E-state index contributed by atoms with van der Waals surface area (Å²) in [5, 5.41) is 0.175. The summed E-state index contributed by atoms with van der Waals surface area (Å²) in [5.74, 6) is -0.445. The largest absolute Gasteiger partial charge is 0.342 e. The van der Waals surface area contributed by atoms with Gasteiger partial charge in [0.05, 0.1) is 5.52 Å². The molecule has 0 unspecified atom stereocenters. The quantitative estimate of drug-likeness (QED) is 0.704. The third-order valence-corrected chi connectivity index (χ3v) is 2.57. The van der Waals surface area contributed by atoms with Crippen molar-refractivity contribution in [3.8, 4) is 0 Å². The van der Waals surface area contributed by atoms with Gasteiger partial charge in [-0.2, -0.15) is 0 Å². The van der Waals surface area contributed by atoms with Gasteiger partial charge in [-0.3, -0.25) is 4.79 Å². The van der Waals surface area contributed by atoms with Gasteiger partial charge < -0.3 is 9.13 Å². The van der Waals surface area contributed by atoms with E-state index in [-0.39, 0.29) is 17.0 Å². The van der Waals surface area contributed by atoms with Gasteiger partial charge in [0, 0.05) is 25.5 Å². The summed E-state index contributed by atoms with van der Waals surface area (Å²) in [6, 6.07) is 1.91. The van der Waals surface area contributed by atoms with Crippen LogP contribution >= 0.6 is 0 Å². The van der Waals surface area contributed by atoms with E-state index in [9.17, 15) is 9.18 Å². The van der Waals surface area contributed by atoms with Crippen molar-refractivity contribution in [2.75, 3.05) is 0 Å². The van der Waals surface area contributed by atoms with E-state index in [0.29, 0.717) is 5.52 Å². The summed E-state index contributed by atoms with van der Waals surface area (Å²) >= 11 is 0. The Morgan fingerprint density at radius 1 is 1.40 bits per heavy atom. The molecule has 80 valence electrons. The third kappa shape index (κ3) is 1.37. The van der Waals surface area contributed by atoms with Crippen LogP contribution in [0.25, 0.3) is 10.9 Å². The lowest BCUT2D eigenvalue weighted by Gasteiger charge is -2.08. The highest BCUT2D eigenvalue weighted by atomic mass is 19.1. The molecule has 0 saturated heterocycles. The van der Waals surface area contributed by atoms with Crippen LogP contribution < -0.4 is 5.56 Å². The highest BCUT2D eigenvalue weighted by molar-refractivity contribution is 5.79. The smallest absolute Gasteiger partial charge is 0.262 e. The molecule has 0 amide bonds. The minimum Gasteiger partial charge on any atom is -0.342 e. The highest BCUT2D eigenvalue weighted by Gasteiger charge is 2.13. The van der Waals surface area contributed by atoms with Gasteiger partial charge in [0.25, 0.3) is 5.56 Å². The lowest BCUT2D eigenvalue weighted by molar-refractivity contribution is 0.587. The molecule has 0 bridgehead atoms. The van der Waals surface area contributed by atoms with Gasteiger partial charge >= 0.3 is 0 Å². The molecular formula is C11H13FN2O. The fourth-order valence-electron chi connectivity index (χ4n) is 1.74. The molecule has 4 heteroatoms. The first kappa shape index (κ1) is 9.96. The standard InChI is InChI=1S/C11H13FN2O/c1-7(2)14-6-8(12)10-9(14)4-5-13(3)11(10)15/h4-7H,1-3H3. The lowest BCUT2D eigenvalue weighted by atomic mass is 10.3. The number of pyridine rings is 1. The minimum atomic E-state index is -0.445. The Morgan fingerprint density at radius 3 is 2.67 bits per heavy atom. The first-order valence-electron chi connectivity index (χ1n) is 4.88. The van der Waals surface area contributed by atoms with Crippen molar-refractivity contribution >= 4 is 10.9 Å². The second kappa shape index (κ2) is 3.22. The molecule has 0 radical (unpaired) electrons. The van der Waals surface area contributed by atoms with Crippen LogP contribution in [0.15, 0.2) is 23.3 Å². The molecule has 0 aliphatic heterocycles. The molecule has 0 N–H and O–H groups in total. The van der Waals surface area contributed by atoms with E-state index in [1.165, 1.54) is 10.8 Å². The van der Waals surface area contributed by atoms with Gasteiger partial charge in [-0.25, -0.2) is 4.39 Å². The SMILES string of the molecule is CC(C)n1cc(F)c2c(=O)n(C)ccc21. The Bertz CT molecular complexity index is 566. The number of halogens is 1. The molecule has 2 aromatic rings. The van der Waals surface area contributed by atoms with E-state index in [4.69, 9.17) is 0 Å². The fraction of sp³-hybridized carbons (Fsp3) is 0.364. The molecular weight excluding hydrogens is 195 g/mol. The van der Waals surface area contributed by atoms with Gasteiger partial charge in [-0.05, 0) is 19.9 Å². The molecule has 2 heterocycles. The zero-order chi connectivity index (χ0) is 11.2. The number of nitrogens with zero attached hydrogens (tertiary/aromatic N) is 2. The Balaban J connectivity index is 2.93. The van der Waals surface area contributed by atoms with Crippen molar-refractivity contribution in [2.45, 2.75) is 19.9 Å². The Hall–Kier alpha value is -1.58. The van der Waals surface area contributed by atoms with Crippen molar-refractivity contribution in [3.63, 3.8) is 0 Å². The van der Waals surface area contributed by atoms with Crippen LogP contribution in [-0.2, 0) is 7.05 Å². The van der Waals surface area contributed by atoms with E-state index < -0.39 is 5.82 Å². The lowest BCUT2D eigenvalue weighted by Crippen LogP contribution is -2.16. The first-order valence-corrected chi connectivity index (χ1v) is 4.88. The third-order valence-electron chi connectivity index (χ3n) is 2.57. The summed E-state index contributed by atoms with van der Waals surface area (Å²) in [7, 11) is 1.62. The van der Waals surface area contributed by atoms with Gasteiger partial charge in [0.2, 0.25) is 0 Å². The zero-order valence-corrected chi connectivity index (χ0v) is 8.99. The molecule has 15 heavy (non-hydrogen) atoms. The predicted molar refractivity (Wildman–Crippen MR) is 57.5 cm³/mol. The van der Waals surface area contributed by atoms with Gasteiger partial charge in [0.15, 0.2) is 5.82 Å². The maximum Gasteiger partial charge on any atom is 0.262 e. The summed E-state index contributed by atoms with van der Waals surface area (Å²) in [6.07, 6.45) is 3.04. The normalized spacial score (nSPS) is 11.5. The van der Waals surface area contributed by atoms with Crippen LogP contribution in [0.2, 0.25) is 0 Å². The van der Waals surface area contributed by atoms with Crippen molar-refractivity contribution < 1.29 is 4.39 Å². The summed E-state index contributed by atoms with van der Waals surface area (Å²) in [6.45, 7) is 3.91. The average Bonchev–Trinajstić information content (AvgIpc) is 2.50. The van der Waals surface area contributed by atoms with E-state index >= 15 is 0 Å². The van der Waals surface area contributed by atoms with Crippen LogP contribution in [0.3, 0.4) is 0 Å². The topological polar surface area (TPSA) is 26.9 Å². The van der Waals surface area contributed by atoms with Crippen molar-refractivity contribution in [3.05, 3.63) is 34.6 Å². The average molecular weight is 208 g/mol. The summed E-state index contributed by atoms with van der Waals surface area (Å²) in [4.78, 5) is 11.7. The van der Waals surface area contributed by atoms with E-state index in [0.717, 1.165) is 0 Å². The van der Waals surface area contributed by atoms with Crippen LogP contribution in [0.5, 0.6) is 0 Å². The molecule has 0 aliphatic rings. The molecule has 3 nitrogen and oxygen atoms in total. The second-order valence-corrected chi connectivity index (χ2v) is 3.97. The van der Waals surface area contributed by atoms with Gasteiger partial charge in [0.1, 0.15) is 5.39 Å². The molecule has 0 aromatic carbocycles. The molecule has 0 fully saturated rings. The molecule has 0 saturated carbocycles. The first-order chi connectivity index (χ1) is 7.02. The van der Waals surface area contributed by atoms with Gasteiger partial charge in [-0.15, -0.1) is 0 Å². The van der Waals surface area contributed by atoms with E-state index in [2.05, 4.69) is 0 Å². The van der Waals surface area contributed by atoms with Crippen molar-refractivity contribution in [2.24, 2.45) is 7.05 Å². The number of rotatable bonds is 1. The molecule has 0 spiro atoms. The molecule has 2 aromatic heterocycles. The van der Waals surface area contributed by atoms with Crippen LogP contribution in [-0.4, -0.2) is 9.13 Å². The highest BCUT2D eigenvalue weighted by Crippen LogP contribution is 2.20. The maximum absolute atomic E-state index is 13.6. The predicted octanol–water partition coefficient (Wildman–Crippen LogP) is 2.06. The van der Waals surface area contributed by atoms with E-state index in [1.807, 2.05) is 13.8 Å². The Labute approximate surface area is 86.7 Å². The van der Waals surface area contributed by atoms with Crippen LogP contribution in [0.1, 0.15) is 19.9 Å². The fourth-order valence-corrected chi connectivity index (χ4v) is 1.74. The Morgan fingerprint density at radius 2 is 2.07 bits per heavy atom. The number of aryl methyl sites for hydroxylation is 1. The number of hydrogen-bond donors (Lipinski definition) is 0. The van der Waals surface area contributed by atoms with Crippen molar-refractivity contribution in [1.82, 2.24) is 9.13 Å². The van der Waals surface area contributed by atoms with Crippen LogP contribution in [0.4, 0.5) is 4.39 Å². The van der Waals surface area contributed by atoms with Crippen LogP contribution in [0, 0.1) is 5.82 Å². The monoisotopic (exact) mass is 208 g/mol. The number of fused-ring (bicyclic) bond motifs is 1. The molecule has 0 atom stereocenters. The van der Waals surface area contributed by atoms with E-state index in [1.54, 1.807) is 23.9 Å². The van der Waals surface area contributed by atoms with Gasteiger partial charge in [-0.1, -0.05) is 0 Å². The molecule has 2 rings (SSSR count). The molecule has 0 aliphatic carbocycles. The summed E-state index contributed by atoms with van der Waals surface area (Å²) in [5.41, 5.74) is 0.370.